The van der Waals surface area contributed by atoms with Crippen LogP contribution in [0.4, 0.5) is 0 Å². The van der Waals surface area contributed by atoms with Gasteiger partial charge in [0.2, 0.25) is 0 Å². The molecule has 1 aromatic heterocycles. The van der Waals surface area contributed by atoms with Crippen molar-refractivity contribution in [2.24, 2.45) is 0 Å². The molecule has 2 heterocycles. The summed E-state index contributed by atoms with van der Waals surface area (Å²) in [5, 5.41) is 1.19. The van der Waals surface area contributed by atoms with E-state index in [1.807, 2.05) is 6.20 Å². The standard InChI is InChI=1S/C16H22N2O/c1-12(2)18-10-7-13(8-11-18)19-16-5-3-4-15-14(16)6-9-17-15/h3-6,9,12-13,17H,7-8,10-11H2,1-2H3. The average molecular weight is 258 g/mol. The number of rotatable bonds is 3. The van der Waals surface area contributed by atoms with Crippen LogP contribution in [0, 0.1) is 0 Å². The molecule has 3 nitrogen and oxygen atoms in total. The molecule has 0 unspecified atom stereocenters. The van der Waals surface area contributed by atoms with E-state index >= 15 is 0 Å². The Morgan fingerprint density at radius 1 is 1.21 bits per heavy atom. The van der Waals surface area contributed by atoms with Crippen molar-refractivity contribution in [3.05, 3.63) is 30.5 Å². The summed E-state index contributed by atoms with van der Waals surface area (Å²) in [4.78, 5) is 5.76. The smallest absolute Gasteiger partial charge is 0.129 e. The third kappa shape index (κ3) is 2.61. The summed E-state index contributed by atoms with van der Waals surface area (Å²) >= 11 is 0. The SMILES string of the molecule is CC(C)N1CCC(Oc2cccc3[nH]ccc23)CC1. The van der Waals surface area contributed by atoms with Gasteiger partial charge in [0.15, 0.2) is 0 Å². The molecular weight excluding hydrogens is 236 g/mol. The van der Waals surface area contributed by atoms with Crippen LogP contribution in [0.5, 0.6) is 5.75 Å². The number of hydrogen-bond acceptors (Lipinski definition) is 2. The maximum absolute atomic E-state index is 6.21. The van der Waals surface area contributed by atoms with Crippen molar-refractivity contribution in [2.45, 2.75) is 38.8 Å². The normalized spacial score (nSPS) is 18.3. The summed E-state index contributed by atoms with van der Waals surface area (Å²) in [6.45, 7) is 6.82. The fourth-order valence-electron chi connectivity index (χ4n) is 2.85. The third-order valence-corrected chi connectivity index (χ3v) is 4.06. The highest BCUT2D eigenvalue weighted by Gasteiger charge is 2.22. The van der Waals surface area contributed by atoms with E-state index in [1.165, 1.54) is 5.39 Å². The van der Waals surface area contributed by atoms with Crippen LogP contribution >= 0.6 is 0 Å². The van der Waals surface area contributed by atoms with E-state index in [-0.39, 0.29) is 0 Å². The van der Waals surface area contributed by atoms with E-state index in [4.69, 9.17) is 4.74 Å². The number of ether oxygens (including phenoxy) is 1. The molecule has 0 amide bonds. The van der Waals surface area contributed by atoms with Gasteiger partial charge in [-0.1, -0.05) is 6.07 Å². The lowest BCUT2D eigenvalue weighted by molar-refractivity contribution is 0.0853. The first-order valence-corrected chi connectivity index (χ1v) is 7.21. The second kappa shape index (κ2) is 5.25. The number of likely N-dealkylation sites (tertiary alicyclic amines) is 1. The molecule has 0 spiro atoms. The van der Waals surface area contributed by atoms with E-state index in [0.717, 1.165) is 37.2 Å². The summed E-state index contributed by atoms with van der Waals surface area (Å²) in [7, 11) is 0. The number of hydrogen-bond donors (Lipinski definition) is 1. The van der Waals surface area contributed by atoms with Gasteiger partial charge in [-0.2, -0.15) is 0 Å². The predicted molar refractivity (Wildman–Crippen MR) is 78.7 cm³/mol. The van der Waals surface area contributed by atoms with Gasteiger partial charge in [-0.25, -0.2) is 0 Å². The second-order valence-corrected chi connectivity index (χ2v) is 5.64. The van der Waals surface area contributed by atoms with Crippen molar-refractivity contribution in [1.29, 1.82) is 0 Å². The van der Waals surface area contributed by atoms with Gasteiger partial charge in [-0.3, -0.25) is 0 Å². The van der Waals surface area contributed by atoms with E-state index in [1.54, 1.807) is 0 Å². The first-order chi connectivity index (χ1) is 9.24. The molecule has 1 fully saturated rings. The van der Waals surface area contributed by atoms with Crippen LogP contribution in [0.15, 0.2) is 30.5 Å². The minimum absolute atomic E-state index is 0.357. The fraction of sp³-hybridized carbons (Fsp3) is 0.500. The molecule has 1 aliphatic rings. The Kier molecular flexibility index (Phi) is 3.47. The lowest BCUT2D eigenvalue weighted by Gasteiger charge is -2.34. The molecule has 0 saturated carbocycles. The molecule has 2 aromatic rings. The van der Waals surface area contributed by atoms with E-state index in [9.17, 15) is 0 Å². The van der Waals surface area contributed by atoms with Crippen LogP contribution in [0.3, 0.4) is 0 Å². The van der Waals surface area contributed by atoms with Crippen molar-refractivity contribution >= 4 is 10.9 Å². The largest absolute Gasteiger partial charge is 0.490 e. The van der Waals surface area contributed by atoms with Crippen molar-refractivity contribution in [3.8, 4) is 5.75 Å². The van der Waals surface area contributed by atoms with Crippen molar-refractivity contribution in [3.63, 3.8) is 0 Å². The number of aromatic amines is 1. The number of piperidine rings is 1. The summed E-state index contributed by atoms with van der Waals surface area (Å²) in [5.41, 5.74) is 1.15. The van der Waals surface area contributed by atoms with Gasteiger partial charge >= 0.3 is 0 Å². The van der Waals surface area contributed by atoms with Gasteiger partial charge in [0.05, 0.1) is 0 Å². The Bertz CT molecular complexity index is 538. The zero-order valence-electron chi connectivity index (χ0n) is 11.7. The Morgan fingerprint density at radius 3 is 2.74 bits per heavy atom. The van der Waals surface area contributed by atoms with Gasteiger partial charge in [0.1, 0.15) is 11.9 Å². The van der Waals surface area contributed by atoms with Gasteiger partial charge in [-0.05, 0) is 44.9 Å². The second-order valence-electron chi connectivity index (χ2n) is 5.64. The topological polar surface area (TPSA) is 28.3 Å². The van der Waals surface area contributed by atoms with Crippen LogP contribution in [-0.2, 0) is 0 Å². The zero-order chi connectivity index (χ0) is 13.2. The summed E-state index contributed by atoms with van der Waals surface area (Å²) < 4.78 is 6.21. The molecular formula is C16H22N2O. The highest BCUT2D eigenvalue weighted by molar-refractivity contribution is 5.85. The Labute approximate surface area is 114 Å². The monoisotopic (exact) mass is 258 g/mol. The Morgan fingerprint density at radius 2 is 2.00 bits per heavy atom. The number of fused-ring (bicyclic) bond motifs is 1. The highest BCUT2D eigenvalue weighted by Crippen LogP contribution is 2.27. The van der Waals surface area contributed by atoms with Crippen molar-refractivity contribution in [2.75, 3.05) is 13.1 Å². The summed E-state index contributed by atoms with van der Waals surface area (Å²) in [5.74, 6) is 1.02. The molecule has 0 aliphatic carbocycles. The summed E-state index contributed by atoms with van der Waals surface area (Å²) in [6.07, 6.45) is 4.58. The van der Waals surface area contributed by atoms with Crippen molar-refractivity contribution in [1.82, 2.24) is 9.88 Å². The highest BCUT2D eigenvalue weighted by atomic mass is 16.5. The fourth-order valence-corrected chi connectivity index (χ4v) is 2.85. The van der Waals surface area contributed by atoms with Crippen LogP contribution in [0.2, 0.25) is 0 Å². The quantitative estimate of drug-likeness (QED) is 0.913. The van der Waals surface area contributed by atoms with E-state index < -0.39 is 0 Å². The Balaban J connectivity index is 1.68. The molecule has 1 N–H and O–H groups in total. The van der Waals surface area contributed by atoms with Crippen LogP contribution in [-0.4, -0.2) is 35.1 Å². The van der Waals surface area contributed by atoms with Gasteiger partial charge in [0.25, 0.3) is 0 Å². The maximum atomic E-state index is 6.21. The zero-order valence-corrected chi connectivity index (χ0v) is 11.7. The molecule has 1 saturated heterocycles. The molecule has 102 valence electrons. The van der Waals surface area contributed by atoms with Gasteiger partial charge in [0, 0.05) is 36.2 Å². The Hall–Kier alpha value is -1.48. The van der Waals surface area contributed by atoms with Crippen LogP contribution < -0.4 is 4.74 Å². The first-order valence-electron chi connectivity index (χ1n) is 7.21. The molecule has 0 bridgehead atoms. The molecule has 3 heteroatoms. The van der Waals surface area contributed by atoms with E-state index in [0.29, 0.717) is 12.1 Å². The number of nitrogens with zero attached hydrogens (tertiary/aromatic N) is 1. The van der Waals surface area contributed by atoms with Crippen molar-refractivity contribution < 1.29 is 4.74 Å². The molecule has 19 heavy (non-hydrogen) atoms. The summed E-state index contributed by atoms with van der Waals surface area (Å²) in [6, 6.07) is 8.95. The first kappa shape index (κ1) is 12.5. The number of nitrogens with one attached hydrogen (secondary N) is 1. The minimum atomic E-state index is 0.357. The third-order valence-electron chi connectivity index (χ3n) is 4.06. The number of benzene rings is 1. The number of H-pyrrole nitrogens is 1. The molecule has 3 rings (SSSR count). The molecule has 1 aromatic carbocycles. The predicted octanol–water partition coefficient (Wildman–Crippen LogP) is 3.42. The number of aromatic nitrogens is 1. The molecule has 0 atom stereocenters. The van der Waals surface area contributed by atoms with E-state index in [2.05, 4.69) is 48.0 Å². The lowest BCUT2D eigenvalue weighted by atomic mass is 10.1. The minimum Gasteiger partial charge on any atom is -0.490 e. The molecule has 1 aliphatic heterocycles. The maximum Gasteiger partial charge on any atom is 0.129 e. The lowest BCUT2D eigenvalue weighted by Crippen LogP contribution is -2.41. The van der Waals surface area contributed by atoms with Crippen LogP contribution in [0.1, 0.15) is 26.7 Å². The average Bonchev–Trinajstić information content (AvgIpc) is 2.89. The van der Waals surface area contributed by atoms with Gasteiger partial charge in [-0.15, -0.1) is 0 Å². The van der Waals surface area contributed by atoms with Crippen LogP contribution in [0.25, 0.3) is 10.9 Å². The van der Waals surface area contributed by atoms with Gasteiger partial charge < -0.3 is 14.6 Å². The molecule has 0 radical (unpaired) electrons.